The molecule has 32 heavy (non-hydrogen) atoms. The zero-order valence-corrected chi connectivity index (χ0v) is 18.8. The summed E-state index contributed by atoms with van der Waals surface area (Å²) in [6.07, 6.45) is 5.30. The number of hydrogen-bond acceptors (Lipinski definition) is 4. The molecule has 0 aliphatic carbocycles. The van der Waals surface area contributed by atoms with Gasteiger partial charge in [0.05, 0.1) is 5.69 Å². The molecule has 2 aliphatic rings. The quantitative estimate of drug-likeness (QED) is 0.771. The van der Waals surface area contributed by atoms with Crippen LogP contribution in [0.3, 0.4) is 0 Å². The third kappa shape index (κ3) is 4.59. The van der Waals surface area contributed by atoms with Crippen molar-refractivity contribution in [2.45, 2.75) is 32.6 Å². The van der Waals surface area contributed by atoms with E-state index in [0.717, 1.165) is 60.3 Å². The molecule has 6 heteroatoms. The van der Waals surface area contributed by atoms with Gasteiger partial charge < -0.3 is 15.5 Å². The van der Waals surface area contributed by atoms with Gasteiger partial charge in [0.2, 0.25) is 5.91 Å². The number of carbonyl (C=O) groups excluding carboxylic acids is 2. The van der Waals surface area contributed by atoms with Crippen molar-refractivity contribution >= 4 is 29.4 Å². The highest BCUT2D eigenvalue weighted by Crippen LogP contribution is 2.32. The first-order valence-corrected chi connectivity index (χ1v) is 11.3. The summed E-state index contributed by atoms with van der Waals surface area (Å²) in [5.74, 6) is 0.516. The molecular weight excluding hydrogens is 400 g/mol. The molecular formula is C26H30N4O2. The zero-order chi connectivity index (χ0) is 22.7. The van der Waals surface area contributed by atoms with E-state index in [4.69, 9.17) is 5.73 Å². The average Bonchev–Trinajstić information content (AvgIpc) is 3.28. The summed E-state index contributed by atoms with van der Waals surface area (Å²) in [6.45, 7) is 4.43. The normalized spacial score (nSPS) is 15.5. The standard InChI is InChI=1S/C26H30N4O2/c1-3-12-29(2)25(31)22-16-21-15-20(10-11-23(21)28-24(27)17-22)18-6-8-19(9-7-18)26(32)30-13-4-5-14-30/h6-11,15-16H,3-5,12-14,17H2,1-2H3,(H2,27,28). The Kier molecular flexibility index (Phi) is 6.40. The van der Waals surface area contributed by atoms with Crippen LogP contribution in [0.1, 0.15) is 48.5 Å². The Hall–Kier alpha value is -3.41. The Morgan fingerprint density at radius 3 is 2.44 bits per heavy atom. The van der Waals surface area contributed by atoms with Crippen molar-refractivity contribution in [3.05, 3.63) is 59.2 Å². The Balaban J connectivity index is 1.62. The molecule has 166 valence electrons. The molecule has 0 radical (unpaired) electrons. The summed E-state index contributed by atoms with van der Waals surface area (Å²) >= 11 is 0. The number of amides is 2. The van der Waals surface area contributed by atoms with E-state index in [9.17, 15) is 9.59 Å². The van der Waals surface area contributed by atoms with Crippen molar-refractivity contribution in [2.75, 3.05) is 26.7 Å². The molecule has 0 spiro atoms. The van der Waals surface area contributed by atoms with E-state index in [1.165, 1.54) is 0 Å². The number of rotatable bonds is 5. The van der Waals surface area contributed by atoms with Crippen LogP contribution in [0.25, 0.3) is 17.2 Å². The van der Waals surface area contributed by atoms with Gasteiger partial charge in [0.15, 0.2) is 0 Å². The number of amidine groups is 1. The molecule has 1 saturated heterocycles. The second kappa shape index (κ2) is 9.39. The van der Waals surface area contributed by atoms with Crippen molar-refractivity contribution in [1.29, 1.82) is 0 Å². The summed E-state index contributed by atoms with van der Waals surface area (Å²) in [6, 6.07) is 13.7. The maximum absolute atomic E-state index is 12.9. The highest BCUT2D eigenvalue weighted by Gasteiger charge is 2.20. The van der Waals surface area contributed by atoms with Crippen LogP contribution >= 0.6 is 0 Å². The van der Waals surface area contributed by atoms with Gasteiger partial charge in [0, 0.05) is 49.8 Å². The minimum Gasteiger partial charge on any atom is -0.387 e. The first kappa shape index (κ1) is 21.8. The number of nitrogens with zero attached hydrogens (tertiary/aromatic N) is 3. The first-order valence-electron chi connectivity index (χ1n) is 11.3. The fraction of sp³-hybridized carbons (Fsp3) is 0.346. The van der Waals surface area contributed by atoms with Gasteiger partial charge in [-0.2, -0.15) is 0 Å². The topological polar surface area (TPSA) is 79.0 Å². The molecule has 2 heterocycles. The number of aliphatic imine (C=N–C) groups is 1. The van der Waals surface area contributed by atoms with Crippen LogP contribution in [0.5, 0.6) is 0 Å². The largest absolute Gasteiger partial charge is 0.387 e. The average molecular weight is 431 g/mol. The van der Waals surface area contributed by atoms with Gasteiger partial charge in [-0.1, -0.05) is 25.1 Å². The van der Waals surface area contributed by atoms with E-state index in [-0.39, 0.29) is 11.8 Å². The Morgan fingerprint density at radius 1 is 1.06 bits per heavy atom. The van der Waals surface area contributed by atoms with E-state index in [1.807, 2.05) is 67.4 Å². The smallest absolute Gasteiger partial charge is 0.253 e. The summed E-state index contributed by atoms with van der Waals surface area (Å²) in [5, 5.41) is 0. The monoisotopic (exact) mass is 430 g/mol. The molecule has 4 rings (SSSR count). The first-order chi connectivity index (χ1) is 15.5. The highest BCUT2D eigenvalue weighted by molar-refractivity contribution is 6.05. The van der Waals surface area contributed by atoms with Crippen molar-refractivity contribution < 1.29 is 9.59 Å². The van der Waals surface area contributed by atoms with Crippen LogP contribution in [0.2, 0.25) is 0 Å². The van der Waals surface area contributed by atoms with Gasteiger partial charge in [0.25, 0.3) is 5.91 Å². The SMILES string of the molecule is CCCN(C)C(=O)C1=Cc2cc(-c3ccc(C(=O)N4CCCC4)cc3)ccc2N=C(N)C1. The van der Waals surface area contributed by atoms with Crippen LogP contribution in [-0.4, -0.2) is 54.1 Å². The van der Waals surface area contributed by atoms with Crippen molar-refractivity contribution in [3.63, 3.8) is 0 Å². The molecule has 0 unspecified atom stereocenters. The Bertz CT molecular complexity index is 1080. The van der Waals surface area contributed by atoms with Gasteiger partial charge in [-0.15, -0.1) is 0 Å². The van der Waals surface area contributed by atoms with E-state index >= 15 is 0 Å². The van der Waals surface area contributed by atoms with E-state index < -0.39 is 0 Å². The maximum atomic E-state index is 12.9. The summed E-state index contributed by atoms with van der Waals surface area (Å²) in [4.78, 5) is 33.6. The summed E-state index contributed by atoms with van der Waals surface area (Å²) in [7, 11) is 1.81. The highest BCUT2D eigenvalue weighted by atomic mass is 16.2. The minimum absolute atomic E-state index is 0.0203. The molecule has 0 aromatic heterocycles. The third-order valence-electron chi connectivity index (χ3n) is 6.03. The van der Waals surface area contributed by atoms with Crippen molar-refractivity contribution in [2.24, 2.45) is 10.7 Å². The van der Waals surface area contributed by atoms with Gasteiger partial charge in [-0.05, 0) is 60.7 Å². The van der Waals surface area contributed by atoms with E-state index in [1.54, 1.807) is 4.90 Å². The number of nitrogens with two attached hydrogens (primary N) is 1. The third-order valence-corrected chi connectivity index (χ3v) is 6.03. The molecule has 2 N–H and O–H groups in total. The molecule has 1 fully saturated rings. The van der Waals surface area contributed by atoms with Crippen LogP contribution in [0, 0.1) is 0 Å². The molecule has 2 aromatic rings. The van der Waals surface area contributed by atoms with Crippen LogP contribution < -0.4 is 5.73 Å². The second-order valence-electron chi connectivity index (χ2n) is 8.53. The fourth-order valence-electron chi connectivity index (χ4n) is 4.31. The molecule has 2 aliphatic heterocycles. The number of fused-ring (bicyclic) bond motifs is 1. The Morgan fingerprint density at radius 2 is 1.75 bits per heavy atom. The van der Waals surface area contributed by atoms with Gasteiger partial charge >= 0.3 is 0 Å². The number of benzene rings is 2. The van der Waals surface area contributed by atoms with E-state index in [2.05, 4.69) is 4.99 Å². The lowest BCUT2D eigenvalue weighted by Gasteiger charge is -2.17. The molecule has 0 saturated carbocycles. The second-order valence-corrected chi connectivity index (χ2v) is 8.53. The molecule has 2 aromatic carbocycles. The zero-order valence-electron chi connectivity index (χ0n) is 18.8. The number of hydrogen-bond donors (Lipinski definition) is 1. The van der Waals surface area contributed by atoms with Gasteiger partial charge in [-0.3, -0.25) is 9.59 Å². The predicted octanol–water partition coefficient (Wildman–Crippen LogP) is 4.23. The fourth-order valence-corrected chi connectivity index (χ4v) is 4.31. The number of likely N-dealkylation sites (tertiary alicyclic amines) is 1. The lowest BCUT2D eigenvalue weighted by atomic mass is 9.99. The predicted molar refractivity (Wildman–Crippen MR) is 129 cm³/mol. The molecule has 0 atom stereocenters. The number of carbonyl (C=O) groups is 2. The summed E-state index contributed by atoms with van der Waals surface area (Å²) < 4.78 is 0. The Labute approximate surface area is 189 Å². The molecule has 2 amide bonds. The van der Waals surface area contributed by atoms with Crippen LogP contribution in [0.15, 0.2) is 53.0 Å². The van der Waals surface area contributed by atoms with Crippen molar-refractivity contribution in [1.82, 2.24) is 9.80 Å². The van der Waals surface area contributed by atoms with Crippen LogP contribution in [0.4, 0.5) is 5.69 Å². The van der Waals surface area contributed by atoms with Gasteiger partial charge in [-0.25, -0.2) is 4.99 Å². The minimum atomic E-state index is -0.0203. The lowest BCUT2D eigenvalue weighted by Crippen LogP contribution is -2.30. The summed E-state index contributed by atoms with van der Waals surface area (Å²) in [5.41, 5.74) is 11.1. The molecule has 6 nitrogen and oxygen atoms in total. The maximum Gasteiger partial charge on any atom is 0.253 e. The molecule has 0 bridgehead atoms. The van der Waals surface area contributed by atoms with E-state index in [0.29, 0.717) is 24.4 Å². The van der Waals surface area contributed by atoms with Crippen LogP contribution in [-0.2, 0) is 4.79 Å². The number of likely N-dealkylation sites (N-methyl/N-ethyl adjacent to an activating group) is 1. The lowest BCUT2D eigenvalue weighted by molar-refractivity contribution is -0.125. The van der Waals surface area contributed by atoms with Crippen molar-refractivity contribution in [3.8, 4) is 11.1 Å². The van der Waals surface area contributed by atoms with Gasteiger partial charge in [0.1, 0.15) is 5.84 Å².